The van der Waals surface area contributed by atoms with Crippen LogP contribution in [0.3, 0.4) is 0 Å². The Labute approximate surface area is 105 Å². The van der Waals surface area contributed by atoms with E-state index >= 15 is 0 Å². The zero-order chi connectivity index (χ0) is 12.3. The van der Waals surface area contributed by atoms with Gasteiger partial charge in [0.05, 0.1) is 0 Å². The van der Waals surface area contributed by atoms with Crippen LogP contribution in [0, 0.1) is 17.8 Å². The van der Waals surface area contributed by atoms with Crippen LogP contribution in [0.2, 0.25) is 0 Å². The van der Waals surface area contributed by atoms with E-state index < -0.39 is 0 Å². The Kier molecular flexibility index (Phi) is 4.25. The van der Waals surface area contributed by atoms with Crippen molar-refractivity contribution >= 4 is 5.91 Å². The Hall–Kier alpha value is -0.790. The van der Waals surface area contributed by atoms with Crippen LogP contribution < -0.4 is 0 Å². The van der Waals surface area contributed by atoms with Gasteiger partial charge in [-0.1, -0.05) is 19.1 Å². The first-order valence-electron chi connectivity index (χ1n) is 7.13. The van der Waals surface area contributed by atoms with E-state index in [0.29, 0.717) is 0 Å². The molecule has 0 saturated heterocycles. The zero-order valence-electron chi connectivity index (χ0n) is 11.2. The summed E-state index contributed by atoms with van der Waals surface area (Å²) < 4.78 is 0. The van der Waals surface area contributed by atoms with Crippen LogP contribution in [0.4, 0.5) is 0 Å². The second-order valence-electron chi connectivity index (χ2n) is 5.67. The SMILES string of the molecule is CCCN(CC1CC1C1CC=CCC1)C(C)=O. The van der Waals surface area contributed by atoms with E-state index in [0.717, 1.165) is 37.3 Å². The summed E-state index contributed by atoms with van der Waals surface area (Å²) in [4.78, 5) is 13.5. The Balaban J connectivity index is 1.77. The molecule has 0 radical (unpaired) electrons. The second kappa shape index (κ2) is 5.70. The number of nitrogens with zero attached hydrogens (tertiary/aromatic N) is 1. The van der Waals surface area contributed by atoms with Crippen LogP contribution in [-0.4, -0.2) is 23.9 Å². The summed E-state index contributed by atoms with van der Waals surface area (Å²) in [6.07, 6.45) is 11.0. The molecule has 0 aromatic rings. The van der Waals surface area contributed by atoms with Crippen LogP contribution in [0.5, 0.6) is 0 Å². The van der Waals surface area contributed by atoms with Gasteiger partial charge in [0.15, 0.2) is 0 Å². The van der Waals surface area contributed by atoms with E-state index in [1.165, 1.54) is 25.7 Å². The molecule has 0 aliphatic heterocycles. The molecule has 0 aromatic heterocycles. The average molecular weight is 235 g/mol. The van der Waals surface area contributed by atoms with Crippen LogP contribution in [-0.2, 0) is 4.79 Å². The number of allylic oxidation sites excluding steroid dienone is 2. The largest absolute Gasteiger partial charge is 0.343 e. The third kappa shape index (κ3) is 3.34. The average Bonchev–Trinajstić information content (AvgIpc) is 3.09. The van der Waals surface area contributed by atoms with Crippen molar-refractivity contribution in [3.63, 3.8) is 0 Å². The van der Waals surface area contributed by atoms with E-state index in [9.17, 15) is 4.79 Å². The summed E-state index contributed by atoms with van der Waals surface area (Å²) >= 11 is 0. The van der Waals surface area contributed by atoms with Crippen LogP contribution in [0.1, 0.15) is 46.0 Å². The quantitative estimate of drug-likeness (QED) is 0.670. The Morgan fingerprint density at radius 3 is 2.82 bits per heavy atom. The van der Waals surface area contributed by atoms with Gasteiger partial charge in [-0.3, -0.25) is 4.79 Å². The topological polar surface area (TPSA) is 20.3 Å². The zero-order valence-corrected chi connectivity index (χ0v) is 11.2. The molecule has 1 saturated carbocycles. The van der Waals surface area contributed by atoms with Gasteiger partial charge in [-0.25, -0.2) is 0 Å². The van der Waals surface area contributed by atoms with Gasteiger partial charge in [-0.05, 0) is 49.9 Å². The Bertz CT molecular complexity index is 297. The smallest absolute Gasteiger partial charge is 0.219 e. The van der Waals surface area contributed by atoms with E-state index in [1.807, 2.05) is 4.90 Å². The van der Waals surface area contributed by atoms with Gasteiger partial charge in [0.2, 0.25) is 5.91 Å². The standard InChI is InChI=1S/C15H25NO/c1-3-9-16(12(2)17)11-14-10-15(14)13-7-5-4-6-8-13/h4-5,13-15H,3,6-11H2,1-2H3. The fraction of sp³-hybridized carbons (Fsp3) is 0.800. The molecule has 0 bridgehead atoms. The van der Waals surface area contributed by atoms with E-state index in [4.69, 9.17) is 0 Å². The highest BCUT2D eigenvalue weighted by atomic mass is 16.2. The molecule has 1 amide bonds. The van der Waals surface area contributed by atoms with Gasteiger partial charge >= 0.3 is 0 Å². The van der Waals surface area contributed by atoms with Crippen molar-refractivity contribution in [3.05, 3.63) is 12.2 Å². The number of rotatable bonds is 5. The normalized spacial score (nSPS) is 31.3. The van der Waals surface area contributed by atoms with Crippen LogP contribution in [0.25, 0.3) is 0 Å². The van der Waals surface area contributed by atoms with E-state index in [1.54, 1.807) is 6.92 Å². The first-order valence-corrected chi connectivity index (χ1v) is 7.13. The Morgan fingerprint density at radius 1 is 1.41 bits per heavy atom. The van der Waals surface area contributed by atoms with Gasteiger partial charge in [-0.15, -0.1) is 0 Å². The maximum atomic E-state index is 11.5. The van der Waals surface area contributed by atoms with Gasteiger partial charge in [0, 0.05) is 20.0 Å². The summed E-state index contributed by atoms with van der Waals surface area (Å²) in [6.45, 7) is 5.79. The fourth-order valence-electron chi connectivity index (χ4n) is 3.19. The summed E-state index contributed by atoms with van der Waals surface area (Å²) in [6, 6.07) is 0. The molecule has 2 aliphatic carbocycles. The minimum Gasteiger partial charge on any atom is -0.343 e. The van der Waals surface area contributed by atoms with Gasteiger partial charge in [0.1, 0.15) is 0 Å². The molecule has 96 valence electrons. The molecule has 2 aliphatic rings. The molecule has 1 fully saturated rings. The van der Waals surface area contributed by atoms with E-state index in [2.05, 4.69) is 19.1 Å². The van der Waals surface area contributed by atoms with Gasteiger partial charge < -0.3 is 4.90 Å². The molecular formula is C15H25NO. The second-order valence-corrected chi connectivity index (χ2v) is 5.67. The highest BCUT2D eigenvalue weighted by molar-refractivity contribution is 5.73. The highest BCUT2D eigenvalue weighted by Gasteiger charge is 2.43. The number of hydrogen-bond acceptors (Lipinski definition) is 1. The lowest BCUT2D eigenvalue weighted by atomic mass is 9.89. The maximum Gasteiger partial charge on any atom is 0.219 e. The molecule has 2 rings (SSSR count). The summed E-state index contributed by atoms with van der Waals surface area (Å²) in [7, 11) is 0. The fourth-order valence-corrected chi connectivity index (χ4v) is 3.19. The molecule has 2 heteroatoms. The first kappa shape index (κ1) is 12.7. The molecule has 2 nitrogen and oxygen atoms in total. The lowest BCUT2D eigenvalue weighted by Gasteiger charge is -2.22. The Morgan fingerprint density at radius 2 is 2.24 bits per heavy atom. The van der Waals surface area contributed by atoms with Crippen LogP contribution >= 0.6 is 0 Å². The molecule has 3 unspecified atom stereocenters. The van der Waals surface area contributed by atoms with Crippen molar-refractivity contribution in [2.75, 3.05) is 13.1 Å². The lowest BCUT2D eigenvalue weighted by molar-refractivity contribution is -0.129. The molecule has 0 heterocycles. The predicted molar refractivity (Wildman–Crippen MR) is 70.6 cm³/mol. The first-order chi connectivity index (χ1) is 8.22. The third-order valence-corrected chi connectivity index (χ3v) is 4.29. The number of carbonyl (C=O) groups is 1. The number of hydrogen-bond donors (Lipinski definition) is 0. The predicted octanol–water partition coefficient (Wildman–Crippen LogP) is 3.24. The number of amides is 1. The molecule has 0 N–H and O–H groups in total. The van der Waals surface area contributed by atoms with Crippen LogP contribution in [0.15, 0.2) is 12.2 Å². The minimum absolute atomic E-state index is 0.251. The van der Waals surface area contributed by atoms with Crippen molar-refractivity contribution in [3.8, 4) is 0 Å². The third-order valence-electron chi connectivity index (χ3n) is 4.29. The van der Waals surface area contributed by atoms with Crippen molar-refractivity contribution in [2.24, 2.45) is 17.8 Å². The van der Waals surface area contributed by atoms with Crippen molar-refractivity contribution in [2.45, 2.75) is 46.0 Å². The summed E-state index contributed by atoms with van der Waals surface area (Å²) in [5.74, 6) is 2.85. The van der Waals surface area contributed by atoms with Crippen molar-refractivity contribution < 1.29 is 4.79 Å². The maximum absolute atomic E-state index is 11.5. The molecule has 0 spiro atoms. The minimum atomic E-state index is 0.251. The molecular weight excluding hydrogens is 210 g/mol. The van der Waals surface area contributed by atoms with E-state index in [-0.39, 0.29) is 5.91 Å². The van der Waals surface area contributed by atoms with Gasteiger partial charge in [-0.2, -0.15) is 0 Å². The van der Waals surface area contributed by atoms with Crippen molar-refractivity contribution in [1.82, 2.24) is 4.90 Å². The molecule has 0 aromatic carbocycles. The molecule has 17 heavy (non-hydrogen) atoms. The lowest BCUT2D eigenvalue weighted by Crippen LogP contribution is -2.32. The highest BCUT2D eigenvalue weighted by Crippen LogP contribution is 2.48. The van der Waals surface area contributed by atoms with Crippen molar-refractivity contribution in [1.29, 1.82) is 0 Å². The monoisotopic (exact) mass is 235 g/mol. The summed E-state index contributed by atoms with van der Waals surface area (Å²) in [5, 5.41) is 0. The summed E-state index contributed by atoms with van der Waals surface area (Å²) in [5.41, 5.74) is 0. The number of carbonyl (C=O) groups excluding carboxylic acids is 1. The van der Waals surface area contributed by atoms with Gasteiger partial charge in [0.25, 0.3) is 0 Å². The molecule has 3 atom stereocenters.